The molecule has 0 aromatic rings. The monoisotopic (exact) mass is 109 g/mol. The first-order valence-corrected chi connectivity index (χ1v) is 3.29. The van der Waals surface area contributed by atoms with Gasteiger partial charge in [0.05, 0.1) is 0 Å². The van der Waals surface area contributed by atoms with Crippen LogP contribution in [0.25, 0.3) is 0 Å². The molecule has 0 heterocycles. The predicted molar refractivity (Wildman–Crippen MR) is 36.4 cm³/mol. The molecule has 2 atom stereocenters. The lowest BCUT2D eigenvalue weighted by Gasteiger charge is -2.00. The Morgan fingerprint density at radius 2 is 2.62 bits per heavy atom. The Kier molecular flexibility index (Phi) is 1.72. The van der Waals surface area contributed by atoms with Gasteiger partial charge in [-0.15, -0.1) is 6.58 Å². The highest BCUT2D eigenvalue weighted by atomic mass is 14.3. The molecule has 1 fully saturated rings. The van der Waals surface area contributed by atoms with Crippen LogP contribution in [-0.2, 0) is 0 Å². The van der Waals surface area contributed by atoms with Crippen LogP contribution in [0.15, 0.2) is 12.7 Å². The Morgan fingerprint density at radius 3 is 3.00 bits per heavy atom. The van der Waals surface area contributed by atoms with Crippen LogP contribution in [0.2, 0.25) is 0 Å². The fraction of sp³-hybridized carbons (Fsp3) is 0.625. The summed E-state index contributed by atoms with van der Waals surface area (Å²) >= 11 is 0. The van der Waals surface area contributed by atoms with Gasteiger partial charge < -0.3 is 0 Å². The minimum Gasteiger partial charge on any atom is -0.103 e. The third-order valence-electron chi connectivity index (χ3n) is 1.65. The van der Waals surface area contributed by atoms with Crippen molar-refractivity contribution < 1.29 is 0 Å². The van der Waals surface area contributed by atoms with Crippen LogP contribution in [0.5, 0.6) is 0 Å². The molecule has 0 aromatic heterocycles. The molecular weight excluding hydrogens is 96.1 g/mol. The second kappa shape index (κ2) is 2.34. The zero-order valence-corrected chi connectivity index (χ0v) is 5.43. The predicted octanol–water partition coefficient (Wildman–Crippen LogP) is 2.42. The molecule has 0 bridgehead atoms. The molecule has 1 aliphatic rings. The van der Waals surface area contributed by atoms with E-state index in [1.54, 1.807) is 0 Å². The first-order chi connectivity index (χ1) is 3.83. The first kappa shape index (κ1) is 5.87. The molecule has 0 N–H and O–H groups in total. The lowest BCUT2D eigenvalue weighted by Crippen LogP contribution is -1.88. The summed E-state index contributed by atoms with van der Waals surface area (Å²) in [5.41, 5.74) is 0. The van der Waals surface area contributed by atoms with Crippen LogP contribution < -0.4 is 0 Å². The Labute approximate surface area is 51.6 Å². The topological polar surface area (TPSA) is 0 Å². The molecule has 1 radical (unpaired) electrons. The molecule has 1 rings (SSSR count). The average molecular weight is 109 g/mol. The fourth-order valence-electron chi connectivity index (χ4n) is 0.862. The molecule has 0 heteroatoms. The zero-order chi connectivity index (χ0) is 5.98. The fourth-order valence-corrected chi connectivity index (χ4v) is 0.862. The van der Waals surface area contributed by atoms with Gasteiger partial charge in [-0.25, -0.2) is 0 Å². The van der Waals surface area contributed by atoms with E-state index < -0.39 is 0 Å². The van der Waals surface area contributed by atoms with Crippen LogP contribution in [0, 0.1) is 18.3 Å². The molecule has 0 nitrogen and oxygen atoms in total. The van der Waals surface area contributed by atoms with Gasteiger partial charge in [0.25, 0.3) is 0 Å². The van der Waals surface area contributed by atoms with E-state index in [4.69, 9.17) is 0 Å². The van der Waals surface area contributed by atoms with E-state index in [0.717, 1.165) is 11.8 Å². The second-order valence-electron chi connectivity index (χ2n) is 2.68. The van der Waals surface area contributed by atoms with Crippen molar-refractivity contribution in [2.45, 2.75) is 19.8 Å². The summed E-state index contributed by atoms with van der Waals surface area (Å²) in [5.74, 6) is 1.65. The maximum atomic E-state index is 3.73. The number of allylic oxidation sites excluding steroid dienone is 1. The normalized spacial score (nSPS) is 22.6. The Hall–Kier alpha value is -0.260. The number of rotatable bonds is 3. The van der Waals surface area contributed by atoms with Gasteiger partial charge in [0.15, 0.2) is 0 Å². The van der Waals surface area contributed by atoms with Gasteiger partial charge in [-0.2, -0.15) is 0 Å². The van der Waals surface area contributed by atoms with Gasteiger partial charge in [-0.1, -0.05) is 13.0 Å². The molecule has 0 saturated heterocycles. The summed E-state index contributed by atoms with van der Waals surface area (Å²) in [7, 11) is 0. The van der Waals surface area contributed by atoms with E-state index in [-0.39, 0.29) is 0 Å². The average Bonchev–Trinajstić information content (AvgIpc) is 2.50. The highest BCUT2D eigenvalue weighted by molar-refractivity contribution is 4.96. The summed E-state index contributed by atoms with van der Waals surface area (Å²) in [6.07, 6.45) is 7.06. The zero-order valence-electron chi connectivity index (χ0n) is 5.43. The van der Waals surface area contributed by atoms with Crippen molar-refractivity contribution >= 4 is 0 Å². The van der Waals surface area contributed by atoms with Gasteiger partial charge in [0.2, 0.25) is 0 Å². The lowest BCUT2D eigenvalue weighted by atomic mass is 10.1. The van der Waals surface area contributed by atoms with Crippen molar-refractivity contribution in [3.8, 4) is 0 Å². The summed E-state index contributed by atoms with van der Waals surface area (Å²) in [5, 5.41) is 0. The van der Waals surface area contributed by atoms with E-state index in [2.05, 4.69) is 19.9 Å². The number of hydrogen-bond acceptors (Lipinski definition) is 0. The quantitative estimate of drug-likeness (QED) is 0.488. The third-order valence-corrected chi connectivity index (χ3v) is 1.65. The molecule has 8 heavy (non-hydrogen) atoms. The molecule has 0 aliphatic heterocycles. The van der Waals surface area contributed by atoms with Crippen molar-refractivity contribution in [1.82, 2.24) is 0 Å². The van der Waals surface area contributed by atoms with Crippen LogP contribution in [0.4, 0.5) is 0 Å². The third kappa shape index (κ3) is 1.69. The largest absolute Gasteiger partial charge is 0.103 e. The van der Waals surface area contributed by atoms with Crippen molar-refractivity contribution in [3.05, 3.63) is 19.1 Å². The van der Waals surface area contributed by atoms with Crippen molar-refractivity contribution in [3.63, 3.8) is 0 Å². The lowest BCUT2D eigenvalue weighted by molar-refractivity contribution is 0.604. The molecule has 0 aromatic carbocycles. The van der Waals surface area contributed by atoms with Gasteiger partial charge in [-0.05, 0) is 31.1 Å². The minimum atomic E-state index is 0.721. The molecule has 1 aliphatic carbocycles. The van der Waals surface area contributed by atoms with E-state index >= 15 is 0 Å². The highest BCUT2D eigenvalue weighted by Crippen LogP contribution is 2.33. The van der Waals surface area contributed by atoms with Gasteiger partial charge in [-0.3, -0.25) is 0 Å². The first-order valence-electron chi connectivity index (χ1n) is 3.29. The molecule has 0 spiro atoms. The maximum absolute atomic E-state index is 3.73. The number of hydrogen-bond donors (Lipinski definition) is 0. The standard InChI is InChI=1S/C8H13/c1-3-7(2)6-8-4-5-8/h3-4,7-8H,1,5-6H2,2H3. The van der Waals surface area contributed by atoms with Crippen molar-refractivity contribution in [2.75, 3.05) is 0 Å². The Bertz CT molecular complexity index is 80.0. The van der Waals surface area contributed by atoms with Gasteiger partial charge >= 0.3 is 0 Å². The van der Waals surface area contributed by atoms with Gasteiger partial charge in [0.1, 0.15) is 0 Å². The van der Waals surface area contributed by atoms with Crippen molar-refractivity contribution in [2.24, 2.45) is 11.8 Å². The molecule has 1 saturated carbocycles. The maximum Gasteiger partial charge on any atom is -0.0262 e. The molecule has 45 valence electrons. The smallest absolute Gasteiger partial charge is 0.0262 e. The van der Waals surface area contributed by atoms with E-state index in [9.17, 15) is 0 Å². The van der Waals surface area contributed by atoms with Crippen LogP contribution >= 0.6 is 0 Å². The second-order valence-corrected chi connectivity index (χ2v) is 2.68. The minimum absolute atomic E-state index is 0.721. The molecule has 2 unspecified atom stereocenters. The van der Waals surface area contributed by atoms with Crippen molar-refractivity contribution in [1.29, 1.82) is 0 Å². The Balaban J connectivity index is 2.06. The van der Waals surface area contributed by atoms with Crippen LogP contribution in [-0.4, -0.2) is 0 Å². The summed E-state index contributed by atoms with van der Waals surface area (Å²) in [6, 6.07) is 0. The van der Waals surface area contributed by atoms with E-state index in [1.807, 2.05) is 6.08 Å². The molecular formula is C8H13. The Morgan fingerprint density at radius 1 is 2.00 bits per heavy atom. The summed E-state index contributed by atoms with van der Waals surface area (Å²) in [4.78, 5) is 0. The van der Waals surface area contributed by atoms with Crippen LogP contribution in [0.3, 0.4) is 0 Å². The summed E-state index contributed by atoms with van der Waals surface area (Å²) in [6.45, 7) is 5.95. The van der Waals surface area contributed by atoms with E-state index in [0.29, 0.717) is 0 Å². The highest BCUT2D eigenvalue weighted by Gasteiger charge is 2.22. The van der Waals surface area contributed by atoms with E-state index in [1.165, 1.54) is 12.8 Å². The van der Waals surface area contributed by atoms with Gasteiger partial charge in [0, 0.05) is 0 Å². The van der Waals surface area contributed by atoms with Crippen LogP contribution in [0.1, 0.15) is 19.8 Å². The SMILES string of the molecule is C=CC(C)CC1[CH]C1. The molecule has 0 amide bonds. The summed E-state index contributed by atoms with van der Waals surface area (Å²) < 4.78 is 0.